The lowest BCUT2D eigenvalue weighted by molar-refractivity contribution is -0.208. The molecule has 0 unspecified atom stereocenters. The average molecular weight is 487 g/mol. The Morgan fingerprint density at radius 3 is 1.68 bits per heavy atom. The third-order valence-electron chi connectivity index (χ3n) is 8.98. The standard InChI is InChI=1S/C34H30O3/c1-32(2)30(35)31-34(37-33(32,3)36-31)26(20-24-14-8-12-22-10-4-6-16-28(22)24)18-19-27(34)21-25-15-9-13-23-11-5-7-17-29(23)25/h4-17,20-21,31H,18-19H2,1-3H3/b26-20+,27-21+/t31-,33-/m0/s1. The maximum atomic E-state index is 13.8. The molecule has 3 heteroatoms. The molecule has 0 aromatic heterocycles. The van der Waals surface area contributed by atoms with Crippen molar-refractivity contribution in [1.29, 1.82) is 0 Å². The quantitative estimate of drug-likeness (QED) is 0.291. The highest BCUT2D eigenvalue weighted by molar-refractivity contribution is 5.98. The van der Waals surface area contributed by atoms with Crippen molar-refractivity contribution in [2.75, 3.05) is 0 Å². The van der Waals surface area contributed by atoms with E-state index >= 15 is 0 Å². The van der Waals surface area contributed by atoms with Crippen LogP contribution < -0.4 is 0 Å². The third-order valence-corrected chi connectivity index (χ3v) is 8.98. The molecule has 2 saturated heterocycles. The molecule has 3 fully saturated rings. The molecular weight excluding hydrogens is 456 g/mol. The molecule has 1 saturated carbocycles. The van der Waals surface area contributed by atoms with E-state index in [4.69, 9.17) is 9.47 Å². The Kier molecular flexibility index (Phi) is 4.74. The third kappa shape index (κ3) is 3.05. The van der Waals surface area contributed by atoms with E-state index in [9.17, 15) is 4.79 Å². The molecule has 4 aromatic carbocycles. The minimum Gasteiger partial charge on any atom is -0.334 e. The summed E-state index contributed by atoms with van der Waals surface area (Å²) in [5.74, 6) is -0.856. The Labute approximate surface area is 217 Å². The van der Waals surface area contributed by atoms with Crippen molar-refractivity contribution in [2.45, 2.75) is 51.1 Å². The topological polar surface area (TPSA) is 35.5 Å². The van der Waals surface area contributed by atoms with Crippen LogP contribution in [0, 0.1) is 5.41 Å². The van der Waals surface area contributed by atoms with Crippen LogP contribution in [-0.2, 0) is 14.3 Å². The highest BCUT2D eigenvalue weighted by atomic mass is 16.8. The van der Waals surface area contributed by atoms with Gasteiger partial charge in [-0.3, -0.25) is 4.79 Å². The first-order valence-corrected chi connectivity index (χ1v) is 13.1. The number of benzene rings is 4. The van der Waals surface area contributed by atoms with Gasteiger partial charge < -0.3 is 9.47 Å². The highest BCUT2D eigenvalue weighted by Gasteiger charge is 2.75. The van der Waals surface area contributed by atoms with Gasteiger partial charge in [0.25, 0.3) is 0 Å². The summed E-state index contributed by atoms with van der Waals surface area (Å²) in [5, 5.41) is 4.79. The zero-order valence-electron chi connectivity index (χ0n) is 21.5. The lowest BCUT2D eigenvalue weighted by Crippen LogP contribution is -2.56. The van der Waals surface area contributed by atoms with Crippen molar-refractivity contribution in [3.63, 3.8) is 0 Å². The number of ketones is 1. The number of hydrogen-bond donors (Lipinski definition) is 0. The van der Waals surface area contributed by atoms with Gasteiger partial charge in [0.15, 0.2) is 17.7 Å². The van der Waals surface area contributed by atoms with Crippen molar-refractivity contribution in [3.8, 4) is 0 Å². The second kappa shape index (κ2) is 7.74. The number of hydrogen-bond acceptors (Lipinski definition) is 3. The maximum absolute atomic E-state index is 13.8. The van der Waals surface area contributed by atoms with E-state index in [2.05, 4.69) is 97.1 Å². The summed E-state index contributed by atoms with van der Waals surface area (Å²) in [6.07, 6.45) is 5.49. The summed E-state index contributed by atoms with van der Waals surface area (Å²) in [7, 11) is 0. The molecule has 184 valence electrons. The second-order valence-electron chi connectivity index (χ2n) is 11.2. The fraction of sp³-hybridized carbons (Fsp3) is 0.265. The van der Waals surface area contributed by atoms with Crippen LogP contribution >= 0.6 is 0 Å². The smallest absolute Gasteiger partial charge is 0.180 e. The van der Waals surface area contributed by atoms with Gasteiger partial charge in [-0.1, -0.05) is 97.1 Å². The predicted octanol–water partition coefficient (Wildman–Crippen LogP) is 7.73. The Morgan fingerprint density at radius 2 is 1.19 bits per heavy atom. The van der Waals surface area contributed by atoms with Crippen LogP contribution in [-0.4, -0.2) is 23.3 Å². The monoisotopic (exact) mass is 486 g/mol. The van der Waals surface area contributed by atoms with Crippen LogP contribution in [0.5, 0.6) is 0 Å². The molecule has 4 aromatic rings. The summed E-state index contributed by atoms with van der Waals surface area (Å²) >= 11 is 0. The average Bonchev–Trinajstić information content (AvgIpc) is 3.47. The van der Waals surface area contributed by atoms with Gasteiger partial charge in [0.2, 0.25) is 0 Å². The van der Waals surface area contributed by atoms with Gasteiger partial charge in [0.1, 0.15) is 5.60 Å². The number of rotatable bonds is 2. The Balaban J connectivity index is 1.44. The van der Waals surface area contributed by atoms with Crippen LogP contribution in [0.25, 0.3) is 33.7 Å². The van der Waals surface area contributed by atoms with Crippen molar-refractivity contribution in [1.82, 2.24) is 0 Å². The first-order valence-electron chi connectivity index (χ1n) is 13.1. The van der Waals surface area contributed by atoms with E-state index in [1.165, 1.54) is 21.5 Å². The van der Waals surface area contributed by atoms with E-state index in [-0.39, 0.29) is 5.78 Å². The molecule has 2 bridgehead atoms. The van der Waals surface area contributed by atoms with E-state index in [1.807, 2.05) is 20.8 Å². The van der Waals surface area contributed by atoms with Gasteiger partial charge in [-0.15, -0.1) is 0 Å². The van der Waals surface area contributed by atoms with Crippen LogP contribution in [0.1, 0.15) is 44.7 Å². The fourth-order valence-electron chi connectivity index (χ4n) is 6.56. The largest absolute Gasteiger partial charge is 0.334 e. The Morgan fingerprint density at radius 1 is 0.703 bits per heavy atom. The van der Waals surface area contributed by atoms with Gasteiger partial charge in [-0.05, 0) is 77.4 Å². The molecule has 2 aliphatic heterocycles. The molecule has 0 amide bonds. The molecule has 1 aliphatic carbocycles. The predicted molar refractivity (Wildman–Crippen MR) is 149 cm³/mol. The van der Waals surface area contributed by atoms with Crippen LogP contribution in [0.2, 0.25) is 0 Å². The van der Waals surface area contributed by atoms with Crippen molar-refractivity contribution in [2.24, 2.45) is 5.41 Å². The normalized spacial score (nSPS) is 30.5. The maximum Gasteiger partial charge on any atom is 0.180 e. The zero-order chi connectivity index (χ0) is 25.4. The molecule has 7 rings (SSSR count). The fourth-order valence-corrected chi connectivity index (χ4v) is 6.56. The Hall–Kier alpha value is -3.53. The first-order chi connectivity index (χ1) is 17.8. The van der Waals surface area contributed by atoms with Gasteiger partial charge in [-0.2, -0.15) is 0 Å². The SMILES string of the molecule is CC1(C)C(=O)[C@@H]2O[C@@]1(C)OC21/C(=C/c2cccc3ccccc23)CC/C1=C\c1cccc2ccccc12. The van der Waals surface area contributed by atoms with Gasteiger partial charge in [0, 0.05) is 0 Å². The summed E-state index contributed by atoms with van der Waals surface area (Å²) in [5.41, 5.74) is 2.92. The summed E-state index contributed by atoms with van der Waals surface area (Å²) in [6.45, 7) is 5.82. The van der Waals surface area contributed by atoms with Crippen LogP contribution in [0.3, 0.4) is 0 Å². The summed E-state index contributed by atoms with van der Waals surface area (Å²) in [4.78, 5) is 13.8. The number of ether oxygens (including phenoxy) is 2. The molecule has 0 radical (unpaired) electrons. The minimum atomic E-state index is -0.977. The zero-order valence-corrected chi connectivity index (χ0v) is 21.5. The first kappa shape index (κ1) is 22.7. The number of fused-ring (bicyclic) bond motifs is 5. The summed E-state index contributed by atoms with van der Waals surface area (Å²) in [6, 6.07) is 29.6. The van der Waals surface area contributed by atoms with Crippen molar-refractivity contribution in [3.05, 3.63) is 107 Å². The van der Waals surface area contributed by atoms with Gasteiger partial charge in [-0.25, -0.2) is 0 Å². The molecule has 37 heavy (non-hydrogen) atoms. The van der Waals surface area contributed by atoms with E-state index in [0.717, 1.165) is 35.1 Å². The van der Waals surface area contributed by atoms with Crippen LogP contribution in [0.4, 0.5) is 0 Å². The van der Waals surface area contributed by atoms with E-state index < -0.39 is 22.9 Å². The number of carbonyl (C=O) groups excluding carboxylic acids is 1. The van der Waals surface area contributed by atoms with Crippen molar-refractivity contribution >= 4 is 39.5 Å². The van der Waals surface area contributed by atoms with E-state index in [0.29, 0.717) is 0 Å². The Bertz CT molecular complexity index is 1550. The van der Waals surface area contributed by atoms with Crippen LogP contribution in [0.15, 0.2) is 96.1 Å². The minimum absolute atomic E-state index is 0.121. The molecular formula is C34H30O3. The number of carbonyl (C=O) groups is 1. The lowest BCUT2D eigenvalue weighted by atomic mass is 9.71. The second-order valence-corrected chi connectivity index (χ2v) is 11.2. The molecule has 2 heterocycles. The number of Topliss-reactive ketones (excluding diaryl/α,β-unsaturated/α-hetero) is 1. The van der Waals surface area contributed by atoms with Gasteiger partial charge >= 0.3 is 0 Å². The molecule has 0 N–H and O–H groups in total. The molecule has 3 aliphatic rings. The molecule has 2 atom stereocenters. The van der Waals surface area contributed by atoms with E-state index in [1.54, 1.807) is 0 Å². The highest BCUT2D eigenvalue weighted by Crippen LogP contribution is 2.63. The van der Waals surface area contributed by atoms with Crippen molar-refractivity contribution < 1.29 is 14.3 Å². The molecule has 1 spiro atoms. The lowest BCUT2D eigenvalue weighted by Gasteiger charge is -2.43. The summed E-state index contributed by atoms with van der Waals surface area (Å²) < 4.78 is 13.5. The molecule has 3 nitrogen and oxygen atoms in total. The van der Waals surface area contributed by atoms with Gasteiger partial charge in [0.05, 0.1) is 5.41 Å².